The van der Waals surface area contributed by atoms with Gasteiger partial charge in [-0.3, -0.25) is 14.9 Å². The minimum absolute atomic E-state index is 0.186. The van der Waals surface area contributed by atoms with Crippen LogP contribution in [-0.4, -0.2) is 34.7 Å². The molecule has 3 rings (SSSR count). The van der Waals surface area contributed by atoms with Gasteiger partial charge in [-0.25, -0.2) is 8.78 Å². The summed E-state index contributed by atoms with van der Waals surface area (Å²) in [6, 6.07) is 11.9. The lowest BCUT2D eigenvalue weighted by Crippen LogP contribution is -2.44. The lowest BCUT2D eigenvalue weighted by molar-refractivity contribution is -0.126. The van der Waals surface area contributed by atoms with Gasteiger partial charge in [-0.15, -0.1) is 10.2 Å². The van der Waals surface area contributed by atoms with Crippen LogP contribution in [0.1, 0.15) is 49.7 Å². The number of hydrogen-bond acceptors (Lipinski definition) is 6. The van der Waals surface area contributed by atoms with Gasteiger partial charge >= 0.3 is 0 Å². The van der Waals surface area contributed by atoms with Crippen LogP contribution < -0.4 is 10.6 Å². The maximum absolute atomic E-state index is 13.4. The van der Waals surface area contributed by atoms with Crippen LogP contribution in [0.5, 0.6) is 0 Å². The summed E-state index contributed by atoms with van der Waals surface area (Å²) in [7, 11) is 0. The highest BCUT2D eigenvalue weighted by Crippen LogP contribution is 2.29. The molecular weight excluding hydrogens is 486 g/mol. The molecule has 0 aliphatic carbocycles. The summed E-state index contributed by atoms with van der Waals surface area (Å²) in [5.41, 5.74) is 0.836. The number of nitrogens with one attached hydrogen (secondary N) is 2. The van der Waals surface area contributed by atoms with Gasteiger partial charge in [0.05, 0.1) is 19.6 Å². The Morgan fingerprint density at radius 2 is 1.75 bits per heavy atom. The maximum Gasteiger partial charge on any atom is 0.248 e. The second-order valence-corrected chi connectivity index (χ2v) is 10.1. The molecule has 3 aromatic rings. The molecule has 0 aliphatic heterocycles. The van der Waals surface area contributed by atoms with Gasteiger partial charge < -0.3 is 10.1 Å². The standard InChI is InChI=1S/C26H30F2N4O3S/c1-4-8-21(29-22(33)13-18-11-19(27)14-20(28)12-18)23(34)30-25-32-31-24(36-25)26(2,3)16-35-15-17-9-6-5-7-10-17/h5-7,9-12,14,21H,4,8,13,15-16H2,1-3H3,(H,29,33)(H,30,32,34). The predicted octanol–water partition coefficient (Wildman–Crippen LogP) is 4.78. The van der Waals surface area contributed by atoms with E-state index in [4.69, 9.17) is 4.74 Å². The summed E-state index contributed by atoms with van der Waals surface area (Å²) < 4.78 is 32.7. The molecule has 1 aromatic heterocycles. The van der Waals surface area contributed by atoms with Gasteiger partial charge in [0.1, 0.15) is 22.7 Å². The number of amides is 2. The first-order valence-corrected chi connectivity index (χ1v) is 12.5. The summed E-state index contributed by atoms with van der Waals surface area (Å²) in [4.78, 5) is 25.3. The van der Waals surface area contributed by atoms with E-state index in [-0.39, 0.29) is 12.0 Å². The van der Waals surface area contributed by atoms with Gasteiger partial charge in [0.2, 0.25) is 16.9 Å². The van der Waals surface area contributed by atoms with Crippen LogP contribution in [0, 0.1) is 11.6 Å². The third kappa shape index (κ3) is 8.17. The number of halogens is 2. The molecule has 0 bridgehead atoms. The van der Waals surface area contributed by atoms with Crippen LogP contribution in [0.4, 0.5) is 13.9 Å². The first kappa shape index (κ1) is 27.3. The maximum atomic E-state index is 13.4. The minimum atomic E-state index is -0.824. The molecular formula is C26H30F2N4O3S. The van der Waals surface area contributed by atoms with Crippen molar-refractivity contribution in [3.63, 3.8) is 0 Å². The Hall–Kier alpha value is -3.24. The molecule has 7 nitrogen and oxygen atoms in total. The van der Waals surface area contributed by atoms with Crippen molar-refractivity contribution in [3.8, 4) is 0 Å². The largest absolute Gasteiger partial charge is 0.376 e. The second-order valence-electron chi connectivity index (χ2n) is 9.13. The predicted molar refractivity (Wildman–Crippen MR) is 135 cm³/mol. The number of aromatic nitrogens is 2. The van der Waals surface area contributed by atoms with E-state index in [0.717, 1.165) is 23.8 Å². The third-order valence-corrected chi connectivity index (χ3v) is 6.53. The summed E-state index contributed by atoms with van der Waals surface area (Å²) in [5, 5.41) is 14.7. The highest BCUT2D eigenvalue weighted by atomic mass is 32.1. The topological polar surface area (TPSA) is 93.2 Å². The second kappa shape index (κ2) is 12.6. The molecule has 0 fully saturated rings. The van der Waals surface area contributed by atoms with Crippen LogP contribution in [0.15, 0.2) is 48.5 Å². The van der Waals surface area contributed by atoms with Crippen molar-refractivity contribution in [1.82, 2.24) is 15.5 Å². The molecule has 192 valence electrons. The van der Waals surface area contributed by atoms with Crippen molar-refractivity contribution in [1.29, 1.82) is 0 Å². The van der Waals surface area contributed by atoms with Crippen LogP contribution in [-0.2, 0) is 32.8 Å². The zero-order valence-corrected chi connectivity index (χ0v) is 21.3. The molecule has 36 heavy (non-hydrogen) atoms. The molecule has 0 saturated heterocycles. The molecule has 2 amide bonds. The van der Waals surface area contributed by atoms with E-state index >= 15 is 0 Å². The van der Waals surface area contributed by atoms with Gasteiger partial charge in [0.15, 0.2) is 0 Å². The van der Waals surface area contributed by atoms with Gasteiger partial charge in [-0.05, 0) is 29.7 Å². The Labute approximate surface area is 213 Å². The average Bonchev–Trinajstić information content (AvgIpc) is 3.28. The molecule has 0 spiro atoms. The molecule has 0 aliphatic rings. The molecule has 1 atom stereocenters. The van der Waals surface area contributed by atoms with E-state index in [1.165, 1.54) is 11.3 Å². The van der Waals surface area contributed by atoms with Crippen molar-refractivity contribution >= 4 is 28.3 Å². The zero-order valence-electron chi connectivity index (χ0n) is 20.5. The lowest BCUT2D eigenvalue weighted by Gasteiger charge is -2.21. The number of nitrogens with zero attached hydrogens (tertiary/aromatic N) is 2. The SMILES string of the molecule is CCCC(NC(=O)Cc1cc(F)cc(F)c1)C(=O)Nc1nnc(C(C)(C)COCc2ccccc2)s1. The summed E-state index contributed by atoms with van der Waals surface area (Å²) in [6.07, 6.45) is 0.780. The zero-order chi connectivity index (χ0) is 26.1. The number of carbonyl (C=O) groups is 2. The van der Waals surface area contributed by atoms with E-state index in [2.05, 4.69) is 20.8 Å². The summed E-state index contributed by atoms with van der Waals surface area (Å²) in [6.45, 7) is 6.75. The number of hydrogen-bond donors (Lipinski definition) is 2. The van der Waals surface area contributed by atoms with Gasteiger partial charge in [0, 0.05) is 11.5 Å². The highest BCUT2D eigenvalue weighted by Gasteiger charge is 2.27. The van der Waals surface area contributed by atoms with Gasteiger partial charge in [-0.1, -0.05) is 68.9 Å². The number of anilines is 1. The van der Waals surface area contributed by atoms with Crippen molar-refractivity contribution < 1.29 is 23.1 Å². The van der Waals surface area contributed by atoms with E-state index in [1.54, 1.807) is 0 Å². The third-order valence-electron chi connectivity index (χ3n) is 5.32. The Morgan fingerprint density at radius 3 is 2.42 bits per heavy atom. The van der Waals surface area contributed by atoms with E-state index in [0.29, 0.717) is 36.2 Å². The average molecular weight is 517 g/mol. The van der Waals surface area contributed by atoms with Crippen LogP contribution >= 0.6 is 11.3 Å². The van der Waals surface area contributed by atoms with Crippen molar-refractivity contribution in [2.24, 2.45) is 0 Å². The van der Waals surface area contributed by atoms with Crippen molar-refractivity contribution in [2.75, 3.05) is 11.9 Å². The van der Waals surface area contributed by atoms with E-state index < -0.39 is 34.9 Å². The van der Waals surface area contributed by atoms with Crippen LogP contribution in [0.2, 0.25) is 0 Å². The first-order valence-electron chi connectivity index (χ1n) is 11.7. The van der Waals surface area contributed by atoms with Crippen molar-refractivity contribution in [3.05, 3.63) is 76.3 Å². The molecule has 1 heterocycles. The van der Waals surface area contributed by atoms with Crippen LogP contribution in [0.25, 0.3) is 0 Å². The fraction of sp³-hybridized carbons (Fsp3) is 0.385. The Kier molecular flexibility index (Phi) is 9.60. The van der Waals surface area contributed by atoms with Gasteiger partial charge in [-0.2, -0.15) is 0 Å². The molecule has 10 heteroatoms. The number of ether oxygens (including phenoxy) is 1. The molecule has 2 N–H and O–H groups in total. The summed E-state index contributed by atoms with van der Waals surface area (Å²) in [5.74, 6) is -2.47. The lowest BCUT2D eigenvalue weighted by atomic mass is 9.96. The fourth-order valence-electron chi connectivity index (χ4n) is 3.50. The van der Waals surface area contributed by atoms with Gasteiger partial charge in [0.25, 0.3) is 0 Å². The molecule has 1 unspecified atom stereocenters. The number of rotatable bonds is 12. The van der Waals surface area contributed by atoms with Crippen LogP contribution in [0.3, 0.4) is 0 Å². The smallest absolute Gasteiger partial charge is 0.248 e. The Bertz CT molecular complexity index is 1150. The Morgan fingerprint density at radius 1 is 1.06 bits per heavy atom. The van der Waals surface area contributed by atoms with E-state index in [9.17, 15) is 18.4 Å². The normalized spacial score (nSPS) is 12.2. The molecule has 0 saturated carbocycles. The van der Waals surface area contributed by atoms with E-state index in [1.807, 2.05) is 51.1 Å². The van der Waals surface area contributed by atoms with Crippen molar-refractivity contribution in [2.45, 2.75) is 58.1 Å². The number of carbonyl (C=O) groups excluding carboxylic acids is 2. The highest BCUT2D eigenvalue weighted by molar-refractivity contribution is 7.15. The monoisotopic (exact) mass is 516 g/mol. The first-order chi connectivity index (χ1) is 17.2. The fourth-order valence-corrected chi connectivity index (χ4v) is 4.33. The quantitative estimate of drug-likeness (QED) is 0.362. The summed E-state index contributed by atoms with van der Waals surface area (Å²) >= 11 is 1.24. The minimum Gasteiger partial charge on any atom is -0.376 e. The molecule has 0 radical (unpaired) electrons. The Balaban J connectivity index is 1.56. The molecule has 2 aromatic carbocycles. The number of benzene rings is 2.